The second kappa shape index (κ2) is 5.28. The average Bonchev–Trinajstić information content (AvgIpc) is 2.32. The van der Waals surface area contributed by atoms with Crippen molar-refractivity contribution in [2.75, 3.05) is 0 Å². The zero-order valence-electron chi connectivity index (χ0n) is 11.6. The highest BCUT2D eigenvalue weighted by molar-refractivity contribution is 9.10. The largest absolute Gasteiger partial charge is 0.481 e. The predicted octanol–water partition coefficient (Wildman–Crippen LogP) is 4.66. The van der Waals surface area contributed by atoms with E-state index in [2.05, 4.69) is 29.8 Å². The van der Waals surface area contributed by atoms with Gasteiger partial charge in [0, 0.05) is 4.47 Å². The van der Waals surface area contributed by atoms with E-state index in [0.29, 0.717) is 6.42 Å². The van der Waals surface area contributed by atoms with Crippen molar-refractivity contribution >= 4 is 21.9 Å². The first-order valence-electron chi connectivity index (χ1n) is 6.81. The molecule has 1 aromatic carbocycles. The molecule has 2 rings (SSSR count). The summed E-state index contributed by atoms with van der Waals surface area (Å²) in [4.78, 5) is 11.8. The van der Waals surface area contributed by atoms with Gasteiger partial charge in [-0.2, -0.15) is 0 Å². The lowest BCUT2D eigenvalue weighted by molar-refractivity contribution is -0.152. The molecule has 3 heteroatoms. The Labute approximate surface area is 123 Å². The normalized spacial score (nSPS) is 21.0. The Bertz CT molecular complexity index is 469. The molecule has 1 saturated carbocycles. The van der Waals surface area contributed by atoms with E-state index in [9.17, 15) is 9.90 Å². The van der Waals surface area contributed by atoms with Crippen molar-refractivity contribution in [2.45, 2.75) is 46.0 Å². The minimum atomic E-state index is -0.636. The highest BCUT2D eigenvalue weighted by atomic mass is 79.9. The third-order valence-corrected chi connectivity index (χ3v) is 4.94. The molecule has 0 amide bonds. The summed E-state index contributed by atoms with van der Waals surface area (Å²) in [6.07, 6.45) is 4.18. The van der Waals surface area contributed by atoms with Gasteiger partial charge in [-0.15, -0.1) is 0 Å². The van der Waals surface area contributed by atoms with Crippen LogP contribution in [0.4, 0.5) is 0 Å². The van der Waals surface area contributed by atoms with E-state index < -0.39 is 11.4 Å². The van der Waals surface area contributed by atoms with Gasteiger partial charge in [0.15, 0.2) is 0 Å². The van der Waals surface area contributed by atoms with Gasteiger partial charge in [-0.3, -0.25) is 4.79 Å². The monoisotopic (exact) mass is 324 g/mol. The summed E-state index contributed by atoms with van der Waals surface area (Å²) in [5.74, 6) is -0.636. The Kier molecular flexibility index (Phi) is 4.05. The zero-order chi connectivity index (χ0) is 14.1. The highest BCUT2D eigenvalue weighted by Gasteiger charge is 2.43. The van der Waals surface area contributed by atoms with E-state index in [4.69, 9.17) is 0 Å². The fourth-order valence-corrected chi connectivity index (χ4v) is 3.36. The van der Waals surface area contributed by atoms with Gasteiger partial charge < -0.3 is 5.11 Å². The molecule has 0 aromatic heterocycles. The molecule has 0 heterocycles. The molecule has 1 aliphatic carbocycles. The second-order valence-corrected chi connectivity index (χ2v) is 7.47. The number of halogens is 1. The maximum atomic E-state index is 11.8. The summed E-state index contributed by atoms with van der Waals surface area (Å²) in [7, 11) is 0. The van der Waals surface area contributed by atoms with E-state index in [-0.39, 0.29) is 5.41 Å². The van der Waals surface area contributed by atoms with Gasteiger partial charge in [0.2, 0.25) is 0 Å². The lowest BCUT2D eigenvalue weighted by Gasteiger charge is -2.41. The van der Waals surface area contributed by atoms with Crippen LogP contribution in [0.25, 0.3) is 0 Å². The molecule has 1 N–H and O–H groups in total. The Hall–Kier alpha value is -0.830. The van der Waals surface area contributed by atoms with Crippen LogP contribution in [-0.2, 0) is 11.2 Å². The number of carboxylic acid groups (broad SMARTS) is 1. The van der Waals surface area contributed by atoms with Crippen LogP contribution < -0.4 is 0 Å². The number of carbonyl (C=O) groups is 1. The molecule has 1 aliphatic rings. The summed E-state index contributed by atoms with van der Waals surface area (Å²) >= 11 is 3.45. The topological polar surface area (TPSA) is 37.3 Å². The van der Waals surface area contributed by atoms with Crippen LogP contribution in [0.1, 0.15) is 45.1 Å². The maximum absolute atomic E-state index is 11.8. The smallest absolute Gasteiger partial charge is 0.309 e. The van der Waals surface area contributed by atoms with Crippen LogP contribution >= 0.6 is 15.9 Å². The van der Waals surface area contributed by atoms with Gasteiger partial charge in [0.05, 0.1) is 5.41 Å². The number of aliphatic carboxylic acids is 1. The Morgan fingerprint density at radius 2 is 1.89 bits per heavy atom. The van der Waals surface area contributed by atoms with Crippen LogP contribution in [0.5, 0.6) is 0 Å². The summed E-state index contributed by atoms with van der Waals surface area (Å²) in [5.41, 5.74) is 0.823. The molecule has 1 aromatic rings. The van der Waals surface area contributed by atoms with E-state index in [1.54, 1.807) is 0 Å². The lowest BCUT2D eigenvalue weighted by atomic mass is 9.63. The van der Waals surface area contributed by atoms with Crippen molar-refractivity contribution in [3.05, 3.63) is 34.3 Å². The minimum absolute atomic E-state index is 0.288. The second-order valence-electron chi connectivity index (χ2n) is 6.56. The van der Waals surface area contributed by atoms with Crippen LogP contribution in [0.15, 0.2) is 28.7 Å². The molecule has 0 spiro atoms. The molecule has 0 unspecified atom stereocenters. The van der Waals surface area contributed by atoms with Gasteiger partial charge >= 0.3 is 5.97 Å². The van der Waals surface area contributed by atoms with Crippen molar-refractivity contribution in [1.29, 1.82) is 0 Å². The molecule has 0 atom stereocenters. The van der Waals surface area contributed by atoms with Gasteiger partial charge in [0.25, 0.3) is 0 Å². The van der Waals surface area contributed by atoms with Crippen LogP contribution in [0.3, 0.4) is 0 Å². The minimum Gasteiger partial charge on any atom is -0.481 e. The van der Waals surface area contributed by atoms with E-state index in [1.165, 1.54) is 0 Å². The first-order valence-corrected chi connectivity index (χ1v) is 7.60. The SMILES string of the molecule is CC1(C)CCC(Cc2cccc(Br)c2)(C(=O)O)CC1. The van der Waals surface area contributed by atoms with Gasteiger partial charge in [0.1, 0.15) is 0 Å². The molecule has 0 saturated heterocycles. The van der Waals surface area contributed by atoms with Crippen molar-refractivity contribution in [3.8, 4) is 0 Å². The Balaban J connectivity index is 2.20. The standard InChI is InChI=1S/C16H21BrO2/c1-15(2)6-8-16(9-7-15,14(18)19)11-12-4-3-5-13(17)10-12/h3-5,10H,6-9,11H2,1-2H3,(H,18,19). The number of rotatable bonds is 3. The van der Waals surface area contributed by atoms with Crippen LogP contribution in [0, 0.1) is 10.8 Å². The van der Waals surface area contributed by atoms with Crippen LogP contribution in [-0.4, -0.2) is 11.1 Å². The molecule has 19 heavy (non-hydrogen) atoms. The third kappa shape index (κ3) is 3.38. The van der Waals surface area contributed by atoms with E-state index >= 15 is 0 Å². The third-order valence-electron chi connectivity index (χ3n) is 4.45. The quantitative estimate of drug-likeness (QED) is 0.877. The van der Waals surface area contributed by atoms with Crippen molar-refractivity contribution in [3.63, 3.8) is 0 Å². The highest BCUT2D eigenvalue weighted by Crippen LogP contribution is 2.47. The Morgan fingerprint density at radius 3 is 2.42 bits per heavy atom. The van der Waals surface area contributed by atoms with Gasteiger partial charge in [-0.25, -0.2) is 0 Å². The number of hydrogen-bond acceptors (Lipinski definition) is 1. The fraction of sp³-hybridized carbons (Fsp3) is 0.562. The summed E-state index contributed by atoms with van der Waals surface area (Å²) in [6, 6.07) is 8.00. The number of benzene rings is 1. The van der Waals surface area contributed by atoms with E-state index in [1.807, 2.05) is 24.3 Å². The summed E-state index contributed by atoms with van der Waals surface area (Å²) in [5, 5.41) is 9.68. The van der Waals surface area contributed by atoms with Crippen LogP contribution in [0.2, 0.25) is 0 Å². The zero-order valence-corrected chi connectivity index (χ0v) is 13.2. The first-order chi connectivity index (χ1) is 8.83. The maximum Gasteiger partial charge on any atom is 0.309 e. The molecule has 0 bridgehead atoms. The molecule has 2 nitrogen and oxygen atoms in total. The van der Waals surface area contributed by atoms with Gasteiger partial charge in [-0.1, -0.05) is 41.9 Å². The molecular formula is C16H21BrO2. The van der Waals surface area contributed by atoms with Crippen molar-refractivity contribution in [1.82, 2.24) is 0 Å². The van der Waals surface area contributed by atoms with Gasteiger partial charge in [-0.05, 0) is 55.2 Å². The Morgan fingerprint density at radius 1 is 1.26 bits per heavy atom. The molecule has 0 aliphatic heterocycles. The number of carboxylic acids is 1. The average molecular weight is 325 g/mol. The molecular weight excluding hydrogens is 304 g/mol. The lowest BCUT2D eigenvalue weighted by Crippen LogP contribution is -2.39. The molecule has 0 radical (unpaired) electrons. The van der Waals surface area contributed by atoms with Crippen molar-refractivity contribution < 1.29 is 9.90 Å². The summed E-state index contributed by atoms with van der Waals surface area (Å²) in [6.45, 7) is 4.47. The van der Waals surface area contributed by atoms with Crippen molar-refractivity contribution in [2.24, 2.45) is 10.8 Å². The first kappa shape index (κ1) is 14.6. The molecule has 1 fully saturated rings. The summed E-state index contributed by atoms with van der Waals surface area (Å²) < 4.78 is 1.02. The fourth-order valence-electron chi connectivity index (χ4n) is 2.91. The number of hydrogen-bond donors (Lipinski definition) is 1. The van der Waals surface area contributed by atoms with E-state index in [0.717, 1.165) is 35.7 Å². The predicted molar refractivity (Wildman–Crippen MR) is 80.2 cm³/mol. The molecule has 104 valence electrons.